The van der Waals surface area contributed by atoms with E-state index in [-0.39, 0.29) is 5.95 Å². The Morgan fingerprint density at radius 1 is 1.10 bits per heavy atom. The predicted octanol–water partition coefficient (Wildman–Crippen LogP) is 1.31. The molecule has 0 aliphatic heterocycles. The summed E-state index contributed by atoms with van der Waals surface area (Å²) in [6.07, 6.45) is 3.50. The summed E-state index contributed by atoms with van der Waals surface area (Å²) in [4.78, 5) is 18.7. The Morgan fingerprint density at radius 2 is 1.80 bits per heavy atom. The van der Waals surface area contributed by atoms with Gasteiger partial charge in [0, 0.05) is 32.0 Å². The Morgan fingerprint density at radius 3 is 2.45 bits per heavy atom. The zero-order valence-electron chi connectivity index (χ0n) is 11.7. The molecule has 106 valence electrons. The van der Waals surface area contributed by atoms with E-state index in [1.54, 1.807) is 12.4 Å². The number of nitrogens with one attached hydrogen (secondary N) is 1. The van der Waals surface area contributed by atoms with Gasteiger partial charge in [0.15, 0.2) is 0 Å². The topological polar surface area (TPSA) is 92.9 Å². The van der Waals surface area contributed by atoms with E-state index in [0.29, 0.717) is 18.4 Å². The van der Waals surface area contributed by atoms with Crippen molar-refractivity contribution in [3.8, 4) is 0 Å². The van der Waals surface area contributed by atoms with Gasteiger partial charge in [-0.1, -0.05) is 0 Å². The molecule has 0 atom stereocenters. The number of nitrogens with zero attached hydrogens (tertiary/aromatic N) is 5. The second-order valence-electron chi connectivity index (χ2n) is 4.20. The van der Waals surface area contributed by atoms with Crippen molar-refractivity contribution >= 4 is 17.8 Å². The maximum atomic E-state index is 5.74. The summed E-state index contributed by atoms with van der Waals surface area (Å²) in [6.45, 7) is 6.36. The van der Waals surface area contributed by atoms with E-state index in [1.165, 1.54) is 0 Å². The summed E-state index contributed by atoms with van der Waals surface area (Å²) >= 11 is 0. The molecule has 0 radical (unpaired) electrons. The van der Waals surface area contributed by atoms with E-state index in [1.807, 2.05) is 30.9 Å². The lowest BCUT2D eigenvalue weighted by atomic mass is 10.3. The molecule has 7 heteroatoms. The molecule has 20 heavy (non-hydrogen) atoms. The highest BCUT2D eigenvalue weighted by Crippen LogP contribution is 2.12. The van der Waals surface area contributed by atoms with Gasteiger partial charge in [0.25, 0.3) is 0 Å². The Labute approximate surface area is 118 Å². The minimum atomic E-state index is 0.221. The molecule has 0 fully saturated rings. The standard InChI is InChI=1S/C13H19N7/c1-3-20(4-2)13-18-11(14)17-12(19-13)16-9-10-5-7-15-8-6-10/h5-8H,3-4,9H2,1-2H3,(H3,14,16,17,18,19). The van der Waals surface area contributed by atoms with Crippen molar-refractivity contribution in [2.45, 2.75) is 20.4 Å². The number of hydrogen-bond donors (Lipinski definition) is 2. The minimum absolute atomic E-state index is 0.221. The number of nitrogen functional groups attached to an aromatic ring is 1. The third-order valence-corrected chi connectivity index (χ3v) is 2.89. The van der Waals surface area contributed by atoms with Gasteiger partial charge >= 0.3 is 0 Å². The van der Waals surface area contributed by atoms with Crippen LogP contribution in [0.4, 0.5) is 17.8 Å². The maximum Gasteiger partial charge on any atom is 0.231 e. The highest BCUT2D eigenvalue weighted by molar-refractivity contribution is 5.42. The lowest BCUT2D eigenvalue weighted by Crippen LogP contribution is -2.25. The van der Waals surface area contributed by atoms with Crippen LogP contribution >= 0.6 is 0 Å². The first-order chi connectivity index (χ1) is 9.72. The molecule has 2 aromatic rings. The van der Waals surface area contributed by atoms with Gasteiger partial charge in [-0.25, -0.2) is 0 Å². The van der Waals surface area contributed by atoms with Crippen molar-refractivity contribution in [1.29, 1.82) is 0 Å². The van der Waals surface area contributed by atoms with Crippen LogP contribution in [0.1, 0.15) is 19.4 Å². The van der Waals surface area contributed by atoms with Crippen LogP contribution in [-0.4, -0.2) is 33.0 Å². The van der Waals surface area contributed by atoms with Gasteiger partial charge < -0.3 is 16.0 Å². The van der Waals surface area contributed by atoms with E-state index in [2.05, 4.69) is 25.3 Å². The van der Waals surface area contributed by atoms with Gasteiger partial charge in [-0.3, -0.25) is 4.98 Å². The molecule has 3 N–H and O–H groups in total. The van der Waals surface area contributed by atoms with E-state index in [9.17, 15) is 0 Å². The molecule has 0 saturated carbocycles. The van der Waals surface area contributed by atoms with Crippen LogP contribution in [0.25, 0.3) is 0 Å². The third kappa shape index (κ3) is 3.53. The summed E-state index contributed by atoms with van der Waals surface area (Å²) < 4.78 is 0. The van der Waals surface area contributed by atoms with Gasteiger partial charge in [0.2, 0.25) is 17.8 Å². The molecular weight excluding hydrogens is 254 g/mol. The molecule has 0 aliphatic rings. The van der Waals surface area contributed by atoms with Crippen LogP contribution in [0.5, 0.6) is 0 Å². The minimum Gasteiger partial charge on any atom is -0.368 e. The molecular formula is C13H19N7. The Balaban J connectivity index is 2.12. The molecule has 0 unspecified atom stereocenters. The van der Waals surface area contributed by atoms with Crippen LogP contribution in [0.2, 0.25) is 0 Å². The molecule has 0 aromatic carbocycles. The highest BCUT2D eigenvalue weighted by Gasteiger charge is 2.09. The summed E-state index contributed by atoms with van der Waals surface area (Å²) in [5.74, 6) is 1.30. The predicted molar refractivity (Wildman–Crippen MR) is 79.4 cm³/mol. The average molecular weight is 273 g/mol. The number of aromatic nitrogens is 4. The number of pyridine rings is 1. The largest absolute Gasteiger partial charge is 0.368 e. The zero-order chi connectivity index (χ0) is 14.4. The van der Waals surface area contributed by atoms with Crippen molar-refractivity contribution in [1.82, 2.24) is 19.9 Å². The first-order valence-corrected chi connectivity index (χ1v) is 6.62. The number of nitrogens with two attached hydrogens (primary N) is 1. The fraction of sp³-hybridized carbons (Fsp3) is 0.385. The molecule has 0 saturated heterocycles. The molecule has 0 spiro atoms. The van der Waals surface area contributed by atoms with Crippen molar-refractivity contribution in [3.05, 3.63) is 30.1 Å². The summed E-state index contributed by atoms with van der Waals surface area (Å²) in [5.41, 5.74) is 6.84. The Kier molecular flexibility index (Phi) is 4.65. The molecule has 0 bridgehead atoms. The van der Waals surface area contributed by atoms with Crippen LogP contribution in [-0.2, 0) is 6.54 Å². The van der Waals surface area contributed by atoms with Crippen molar-refractivity contribution < 1.29 is 0 Å². The molecule has 2 aromatic heterocycles. The third-order valence-electron chi connectivity index (χ3n) is 2.89. The van der Waals surface area contributed by atoms with Gasteiger partial charge in [-0.2, -0.15) is 15.0 Å². The smallest absolute Gasteiger partial charge is 0.231 e. The Bertz CT molecular complexity index is 540. The summed E-state index contributed by atoms with van der Waals surface area (Å²) in [5, 5.41) is 3.15. The molecule has 0 aliphatic carbocycles. The van der Waals surface area contributed by atoms with Crippen LogP contribution < -0.4 is 16.0 Å². The van der Waals surface area contributed by atoms with E-state index in [4.69, 9.17) is 5.73 Å². The number of hydrogen-bond acceptors (Lipinski definition) is 7. The van der Waals surface area contributed by atoms with Crippen molar-refractivity contribution in [2.24, 2.45) is 0 Å². The quantitative estimate of drug-likeness (QED) is 0.819. The van der Waals surface area contributed by atoms with Gasteiger partial charge in [0.05, 0.1) is 0 Å². The summed E-state index contributed by atoms with van der Waals surface area (Å²) in [7, 11) is 0. The van der Waals surface area contributed by atoms with Gasteiger partial charge in [-0.15, -0.1) is 0 Å². The van der Waals surface area contributed by atoms with Gasteiger partial charge in [-0.05, 0) is 31.5 Å². The zero-order valence-corrected chi connectivity index (χ0v) is 11.7. The fourth-order valence-corrected chi connectivity index (χ4v) is 1.79. The van der Waals surface area contributed by atoms with E-state index < -0.39 is 0 Å². The average Bonchev–Trinajstić information content (AvgIpc) is 2.47. The fourth-order valence-electron chi connectivity index (χ4n) is 1.79. The molecule has 2 rings (SSSR count). The first kappa shape index (κ1) is 14.0. The van der Waals surface area contributed by atoms with Crippen molar-refractivity contribution in [2.75, 3.05) is 29.0 Å². The van der Waals surface area contributed by atoms with E-state index >= 15 is 0 Å². The van der Waals surface area contributed by atoms with E-state index in [0.717, 1.165) is 18.7 Å². The molecule has 0 amide bonds. The lowest BCUT2D eigenvalue weighted by Gasteiger charge is -2.19. The van der Waals surface area contributed by atoms with Crippen molar-refractivity contribution in [3.63, 3.8) is 0 Å². The highest BCUT2D eigenvalue weighted by atomic mass is 15.3. The van der Waals surface area contributed by atoms with Crippen LogP contribution in [0.3, 0.4) is 0 Å². The second kappa shape index (κ2) is 6.65. The van der Waals surface area contributed by atoms with Crippen LogP contribution in [0.15, 0.2) is 24.5 Å². The van der Waals surface area contributed by atoms with Crippen LogP contribution in [0, 0.1) is 0 Å². The normalized spacial score (nSPS) is 10.3. The Hall–Kier alpha value is -2.44. The maximum absolute atomic E-state index is 5.74. The first-order valence-electron chi connectivity index (χ1n) is 6.62. The summed E-state index contributed by atoms with van der Waals surface area (Å²) in [6, 6.07) is 3.87. The SMILES string of the molecule is CCN(CC)c1nc(N)nc(NCc2ccncc2)n1. The molecule has 7 nitrogen and oxygen atoms in total. The monoisotopic (exact) mass is 273 g/mol. The molecule has 2 heterocycles. The number of rotatable bonds is 6. The second-order valence-corrected chi connectivity index (χ2v) is 4.20. The van der Waals surface area contributed by atoms with Gasteiger partial charge in [0.1, 0.15) is 0 Å². The number of anilines is 3. The lowest BCUT2D eigenvalue weighted by molar-refractivity contribution is 0.814.